The third-order valence-electron chi connectivity index (χ3n) is 7.75. The third kappa shape index (κ3) is 5.01. The number of anilines is 1. The van der Waals surface area contributed by atoms with Crippen LogP contribution < -0.4 is 9.64 Å². The van der Waals surface area contributed by atoms with Crippen molar-refractivity contribution in [2.75, 3.05) is 24.5 Å². The quantitative estimate of drug-likeness (QED) is 0.356. The Morgan fingerprint density at radius 3 is 2.34 bits per heavy atom. The Labute approximate surface area is 222 Å². The molecular formula is C31H32N4O3. The number of ether oxygens (including phenoxy) is 1. The summed E-state index contributed by atoms with van der Waals surface area (Å²) < 4.78 is 8.32. The molecule has 1 aromatic heterocycles. The molecule has 38 heavy (non-hydrogen) atoms. The molecule has 3 aromatic carbocycles. The highest BCUT2D eigenvalue weighted by molar-refractivity contribution is 6.00. The lowest BCUT2D eigenvalue weighted by molar-refractivity contribution is -0.137. The molecule has 194 valence electrons. The Bertz CT molecular complexity index is 1410. The fourth-order valence-corrected chi connectivity index (χ4v) is 5.69. The van der Waals surface area contributed by atoms with E-state index in [2.05, 4.69) is 10.6 Å². The van der Waals surface area contributed by atoms with Gasteiger partial charge in [-0.05, 0) is 55.2 Å². The molecule has 0 radical (unpaired) electrons. The van der Waals surface area contributed by atoms with Gasteiger partial charge >= 0.3 is 0 Å². The lowest BCUT2D eigenvalue weighted by Gasteiger charge is -2.34. The fourth-order valence-electron chi connectivity index (χ4n) is 5.69. The van der Waals surface area contributed by atoms with Gasteiger partial charge in [-0.3, -0.25) is 9.59 Å². The van der Waals surface area contributed by atoms with E-state index in [4.69, 9.17) is 9.72 Å². The van der Waals surface area contributed by atoms with Crippen molar-refractivity contribution in [2.45, 2.75) is 32.4 Å². The van der Waals surface area contributed by atoms with Crippen LogP contribution in [0, 0.1) is 11.8 Å². The molecule has 1 unspecified atom stereocenters. The molecule has 0 aliphatic carbocycles. The minimum atomic E-state index is -0.265. The van der Waals surface area contributed by atoms with Crippen LogP contribution in [-0.2, 0) is 22.7 Å². The lowest BCUT2D eigenvalue weighted by atomic mass is 9.95. The Kier molecular flexibility index (Phi) is 6.82. The average molecular weight is 509 g/mol. The molecule has 0 spiro atoms. The van der Waals surface area contributed by atoms with Crippen LogP contribution in [0.2, 0.25) is 0 Å². The number of nitrogens with zero attached hydrogens (tertiary/aromatic N) is 4. The number of hydrogen-bond acceptors (Lipinski definition) is 4. The summed E-state index contributed by atoms with van der Waals surface area (Å²) in [5, 5.41) is 0. The van der Waals surface area contributed by atoms with Crippen LogP contribution >= 0.6 is 0 Å². The second kappa shape index (κ2) is 10.7. The van der Waals surface area contributed by atoms with Crippen molar-refractivity contribution >= 4 is 28.5 Å². The van der Waals surface area contributed by atoms with Crippen LogP contribution in [0.1, 0.15) is 25.1 Å². The number of carbonyl (C=O) groups excluding carboxylic acids is 2. The predicted molar refractivity (Wildman–Crippen MR) is 147 cm³/mol. The van der Waals surface area contributed by atoms with Crippen molar-refractivity contribution in [3.8, 4) is 5.75 Å². The van der Waals surface area contributed by atoms with Gasteiger partial charge in [0.2, 0.25) is 11.8 Å². The van der Waals surface area contributed by atoms with Crippen molar-refractivity contribution in [1.29, 1.82) is 0 Å². The SMILES string of the molecule is O=C(C1CC(=O)N(c2ccccc2)C1)N1CCC(Cn2c(COc3ccccc3)nc3ccccc32)CC1. The zero-order chi connectivity index (χ0) is 25.9. The first kappa shape index (κ1) is 24.2. The topological polar surface area (TPSA) is 67.7 Å². The van der Waals surface area contributed by atoms with Crippen LogP contribution in [0.25, 0.3) is 11.0 Å². The van der Waals surface area contributed by atoms with Crippen LogP contribution in [0.3, 0.4) is 0 Å². The zero-order valence-electron chi connectivity index (χ0n) is 21.4. The number of imidazole rings is 1. The van der Waals surface area contributed by atoms with Crippen LogP contribution in [0.5, 0.6) is 5.75 Å². The zero-order valence-corrected chi connectivity index (χ0v) is 21.4. The third-order valence-corrected chi connectivity index (χ3v) is 7.75. The molecule has 2 aliphatic heterocycles. The Balaban J connectivity index is 1.09. The molecule has 0 saturated carbocycles. The summed E-state index contributed by atoms with van der Waals surface area (Å²) in [5.41, 5.74) is 2.95. The smallest absolute Gasteiger partial charge is 0.228 e. The average Bonchev–Trinajstić information content (AvgIpc) is 3.53. The van der Waals surface area contributed by atoms with E-state index >= 15 is 0 Å². The number of aromatic nitrogens is 2. The molecule has 6 rings (SSSR count). The maximum absolute atomic E-state index is 13.3. The fraction of sp³-hybridized carbons (Fsp3) is 0.323. The molecule has 0 bridgehead atoms. The second-order valence-electron chi connectivity index (χ2n) is 10.2. The highest BCUT2D eigenvalue weighted by Crippen LogP contribution is 2.29. The summed E-state index contributed by atoms with van der Waals surface area (Å²) in [6.45, 7) is 3.17. The molecular weight excluding hydrogens is 476 g/mol. The summed E-state index contributed by atoms with van der Waals surface area (Å²) in [5.74, 6) is 2.06. The van der Waals surface area contributed by atoms with Gasteiger partial charge in [0.05, 0.1) is 17.0 Å². The van der Waals surface area contributed by atoms with E-state index in [9.17, 15) is 9.59 Å². The molecule has 3 heterocycles. The van der Waals surface area contributed by atoms with Gasteiger partial charge in [-0.25, -0.2) is 4.98 Å². The van der Waals surface area contributed by atoms with E-state index in [1.165, 1.54) is 0 Å². The van der Waals surface area contributed by atoms with Crippen LogP contribution in [-0.4, -0.2) is 45.9 Å². The van der Waals surface area contributed by atoms with Gasteiger partial charge in [-0.1, -0.05) is 48.5 Å². The molecule has 2 saturated heterocycles. The van der Waals surface area contributed by atoms with E-state index in [-0.39, 0.29) is 17.7 Å². The van der Waals surface area contributed by atoms with Gasteiger partial charge in [0.25, 0.3) is 0 Å². The molecule has 2 fully saturated rings. The van der Waals surface area contributed by atoms with Crippen molar-refractivity contribution in [2.24, 2.45) is 11.8 Å². The van der Waals surface area contributed by atoms with Crippen LogP contribution in [0.4, 0.5) is 5.69 Å². The van der Waals surface area contributed by atoms with Crippen molar-refractivity contribution < 1.29 is 14.3 Å². The number of carbonyl (C=O) groups is 2. The number of amides is 2. The maximum atomic E-state index is 13.3. The molecule has 4 aromatic rings. The second-order valence-corrected chi connectivity index (χ2v) is 10.2. The maximum Gasteiger partial charge on any atom is 0.228 e. The van der Waals surface area contributed by atoms with Gasteiger partial charge in [0, 0.05) is 38.3 Å². The van der Waals surface area contributed by atoms with Gasteiger partial charge in [-0.15, -0.1) is 0 Å². The van der Waals surface area contributed by atoms with Gasteiger partial charge in [-0.2, -0.15) is 0 Å². The van der Waals surface area contributed by atoms with E-state index in [1.54, 1.807) is 4.90 Å². The van der Waals surface area contributed by atoms with Crippen molar-refractivity contribution in [3.05, 3.63) is 90.8 Å². The van der Waals surface area contributed by atoms with E-state index in [1.807, 2.05) is 83.8 Å². The molecule has 1 atom stereocenters. The number of likely N-dealkylation sites (tertiary alicyclic amines) is 1. The molecule has 7 heteroatoms. The number of hydrogen-bond donors (Lipinski definition) is 0. The lowest BCUT2D eigenvalue weighted by Crippen LogP contribution is -2.43. The predicted octanol–water partition coefficient (Wildman–Crippen LogP) is 4.91. The molecule has 2 amide bonds. The van der Waals surface area contributed by atoms with E-state index in [0.29, 0.717) is 25.5 Å². The number of fused-ring (bicyclic) bond motifs is 1. The van der Waals surface area contributed by atoms with Crippen molar-refractivity contribution in [3.63, 3.8) is 0 Å². The number of benzene rings is 3. The summed E-state index contributed by atoms with van der Waals surface area (Å²) in [7, 11) is 0. The molecule has 0 N–H and O–H groups in total. The summed E-state index contributed by atoms with van der Waals surface area (Å²) in [4.78, 5) is 34.5. The monoisotopic (exact) mass is 508 g/mol. The Morgan fingerprint density at radius 1 is 0.895 bits per heavy atom. The first-order valence-corrected chi connectivity index (χ1v) is 13.4. The highest BCUT2D eigenvalue weighted by atomic mass is 16.5. The van der Waals surface area contributed by atoms with E-state index in [0.717, 1.165) is 60.8 Å². The van der Waals surface area contributed by atoms with Gasteiger partial charge < -0.3 is 19.1 Å². The summed E-state index contributed by atoms with van der Waals surface area (Å²) in [6.07, 6.45) is 2.15. The standard InChI is InChI=1S/C31H32N4O3/c36-30-19-24(21-34(30)25-9-3-1-4-10-25)31(37)33-17-15-23(16-18-33)20-35-28-14-8-7-13-27(28)32-29(35)22-38-26-11-5-2-6-12-26/h1-14,23-24H,15-22H2. The first-order chi connectivity index (χ1) is 18.7. The normalized spacial score (nSPS) is 18.3. The summed E-state index contributed by atoms with van der Waals surface area (Å²) >= 11 is 0. The van der Waals surface area contributed by atoms with Crippen molar-refractivity contribution in [1.82, 2.24) is 14.5 Å². The van der Waals surface area contributed by atoms with Crippen LogP contribution in [0.15, 0.2) is 84.9 Å². The van der Waals surface area contributed by atoms with E-state index < -0.39 is 0 Å². The highest BCUT2D eigenvalue weighted by Gasteiger charge is 2.38. The van der Waals surface area contributed by atoms with Gasteiger partial charge in [0.15, 0.2) is 0 Å². The summed E-state index contributed by atoms with van der Waals surface area (Å²) in [6, 6.07) is 27.7. The first-order valence-electron chi connectivity index (χ1n) is 13.4. The minimum Gasteiger partial charge on any atom is -0.486 e. The Hall–Kier alpha value is -4.13. The molecule has 2 aliphatic rings. The minimum absolute atomic E-state index is 0.0293. The number of piperidine rings is 1. The largest absolute Gasteiger partial charge is 0.486 e. The van der Waals surface area contributed by atoms with Gasteiger partial charge in [0.1, 0.15) is 18.2 Å². The molecule has 7 nitrogen and oxygen atoms in total. The Morgan fingerprint density at radius 2 is 1.58 bits per heavy atom. The number of para-hydroxylation sites is 4. The number of rotatable bonds is 7.